The second-order valence-electron chi connectivity index (χ2n) is 9.75. The van der Waals surface area contributed by atoms with Gasteiger partial charge in [-0.05, 0) is 89.4 Å². The highest BCUT2D eigenvalue weighted by Gasteiger charge is 2.45. The summed E-state index contributed by atoms with van der Waals surface area (Å²) in [5.74, 6) is 1.55. The number of rotatable bonds is 5. The average Bonchev–Trinajstić information content (AvgIpc) is 3.65. The van der Waals surface area contributed by atoms with Gasteiger partial charge in [-0.2, -0.15) is 0 Å². The van der Waals surface area contributed by atoms with Crippen molar-refractivity contribution in [1.82, 2.24) is 0 Å². The molecule has 0 amide bonds. The van der Waals surface area contributed by atoms with E-state index in [2.05, 4.69) is 58.2 Å². The fourth-order valence-electron chi connectivity index (χ4n) is 6.22. The van der Waals surface area contributed by atoms with Crippen molar-refractivity contribution in [2.75, 3.05) is 0 Å². The van der Waals surface area contributed by atoms with E-state index < -0.39 is 0 Å². The zero-order chi connectivity index (χ0) is 21.4. The normalized spacial score (nSPS) is 22.3. The summed E-state index contributed by atoms with van der Waals surface area (Å²) in [6, 6.07) is 9.53. The zero-order valence-corrected chi connectivity index (χ0v) is 22.0. The molecule has 4 heterocycles. The minimum Gasteiger partial charge on any atom is -0.148 e. The van der Waals surface area contributed by atoms with E-state index in [0.29, 0.717) is 0 Å². The smallest absolute Gasteiger partial charge is 0.0760 e. The summed E-state index contributed by atoms with van der Waals surface area (Å²) in [7, 11) is 0. The molecule has 3 aromatic rings. The molecule has 6 rings (SSSR count). The van der Waals surface area contributed by atoms with Gasteiger partial charge in [-0.3, -0.25) is 0 Å². The van der Waals surface area contributed by atoms with Gasteiger partial charge in [0.15, 0.2) is 0 Å². The van der Waals surface area contributed by atoms with Gasteiger partial charge in [0.05, 0.1) is 4.75 Å². The van der Waals surface area contributed by atoms with Gasteiger partial charge in [0.1, 0.15) is 0 Å². The molecule has 2 aliphatic carbocycles. The molecule has 0 nitrogen and oxygen atoms in total. The molecule has 0 bridgehead atoms. The van der Waals surface area contributed by atoms with Crippen LogP contribution < -0.4 is 0 Å². The summed E-state index contributed by atoms with van der Waals surface area (Å²) in [6.07, 6.45) is 17.7. The van der Waals surface area contributed by atoms with Gasteiger partial charge in [0.2, 0.25) is 0 Å². The minimum atomic E-state index is 0.0683. The molecule has 0 unspecified atom stereocenters. The molecule has 0 N–H and O–H groups in total. The van der Waals surface area contributed by atoms with Crippen molar-refractivity contribution in [1.29, 1.82) is 0 Å². The van der Waals surface area contributed by atoms with E-state index in [1.54, 1.807) is 20.9 Å². The Kier molecular flexibility index (Phi) is 6.41. The highest BCUT2D eigenvalue weighted by atomic mass is 32.2. The third-order valence-corrected chi connectivity index (χ3v) is 12.6. The maximum absolute atomic E-state index is 2.56. The van der Waals surface area contributed by atoms with Crippen molar-refractivity contribution in [3.05, 3.63) is 72.2 Å². The zero-order valence-electron chi connectivity index (χ0n) is 18.7. The van der Waals surface area contributed by atoms with Gasteiger partial charge in [-0.15, -0.1) is 45.8 Å². The van der Waals surface area contributed by atoms with Crippen LogP contribution in [-0.4, -0.2) is 0 Å². The second kappa shape index (κ2) is 9.44. The van der Waals surface area contributed by atoms with Crippen LogP contribution in [0.3, 0.4) is 0 Å². The monoisotopic (exact) mass is 496 g/mol. The Balaban J connectivity index is 1.44. The minimum absolute atomic E-state index is 0.0683. The fourth-order valence-corrected chi connectivity index (χ4v) is 11.0. The van der Waals surface area contributed by atoms with Crippen LogP contribution in [0.1, 0.15) is 108 Å². The van der Waals surface area contributed by atoms with Crippen LogP contribution in [0.5, 0.6) is 0 Å². The lowest BCUT2D eigenvalue weighted by molar-refractivity contribution is 0.441. The fraction of sp³-hybridized carbons (Fsp3) is 0.500. The molecule has 1 aliphatic heterocycles. The Bertz CT molecular complexity index is 999. The molecule has 0 spiro atoms. The van der Waals surface area contributed by atoms with Crippen LogP contribution in [0.4, 0.5) is 0 Å². The lowest BCUT2D eigenvalue weighted by Gasteiger charge is -2.35. The standard InChI is InChI=1S/C28H32S4/c1-3-8-20(9-4-1)26-22(14-18-30-26)28(16-13-25(32-28)24-12-7-17-29-24)23-15-19-31-27(23)21-10-5-2-6-11-21/h7,12-15,17-21H,1-6,8-11,16H2. The quantitative estimate of drug-likeness (QED) is 0.338. The van der Waals surface area contributed by atoms with Crippen molar-refractivity contribution in [3.63, 3.8) is 0 Å². The predicted octanol–water partition coefficient (Wildman–Crippen LogP) is 10.4. The largest absolute Gasteiger partial charge is 0.148 e. The van der Waals surface area contributed by atoms with Crippen molar-refractivity contribution in [2.45, 2.75) is 87.2 Å². The number of thiophene rings is 3. The summed E-state index contributed by atoms with van der Waals surface area (Å²) < 4.78 is 0.0683. The van der Waals surface area contributed by atoms with Crippen molar-refractivity contribution in [2.24, 2.45) is 0 Å². The first kappa shape index (κ1) is 21.7. The molecule has 0 atom stereocenters. The van der Waals surface area contributed by atoms with Crippen LogP contribution in [-0.2, 0) is 4.75 Å². The molecule has 0 saturated heterocycles. The molecular formula is C28H32S4. The van der Waals surface area contributed by atoms with Gasteiger partial charge >= 0.3 is 0 Å². The van der Waals surface area contributed by atoms with Gasteiger partial charge in [0, 0.05) is 19.5 Å². The van der Waals surface area contributed by atoms with Crippen molar-refractivity contribution >= 4 is 50.7 Å². The lowest BCUT2D eigenvalue weighted by Crippen LogP contribution is -2.24. The van der Waals surface area contributed by atoms with Crippen molar-refractivity contribution in [3.8, 4) is 0 Å². The van der Waals surface area contributed by atoms with E-state index in [1.165, 1.54) is 74.0 Å². The SMILES string of the molecule is C1=C(c2cccs2)SC(c2ccsc2C2CCCCC2)(c2ccsc2C2CCCCC2)C1. The van der Waals surface area contributed by atoms with Crippen LogP contribution in [0, 0.1) is 0 Å². The number of hydrogen-bond donors (Lipinski definition) is 0. The summed E-state index contributed by atoms with van der Waals surface area (Å²) >= 11 is 8.17. The Morgan fingerprint density at radius 2 is 1.25 bits per heavy atom. The van der Waals surface area contributed by atoms with Crippen LogP contribution in [0.25, 0.3) is 4.91 Å². The van der Waals surface area contributed by atoms with E-state index in [0.717, 1.165) is 18.3 Å². The molecule has 2 fully saturated rings. The van der Waals surface area contributed by atoms with E-state index >= 15 is 0 Å². The highest BCUT2D eigenvalue weighted by molar-refractivity contribution is 8.09. The van der Waals surface area contributed by atoms with E-state index in [1.807, 2.05) is 34.0 Å². The molecule has 32 heavy (non-hydrogen) atoms. The molecule has 0 radical (unpaired) electrons. The van der Waals surface area contributed by atoms with Gasteiger partial charge < -0.3 is 0 Å². The maximum Gasteiger partial charge on any atom is 0.0760 e. The Labute approximate surface area is 209 Å². The predicted molar refractivity (Wildman–Crippen MR) is 146 cm³/mol. The van der Waals surface area contributed by atoms with E-state index in [-0.39, 0.29) is 4.75 Å². The summed E-state index contributed by atoms with van der Waals surface area (Å²) in [6.45, 7) is 0. The third-order valence-electron chi connectivity index (χ3n) is 7.84. The van der Waals surface area contributed by atoms with Crippen LogP contribution in [0.15, 0.2) is 46.5 Å². The van der Waals surface area contributed by atoms with Crippen LogP contribution in [0.2, 0.25) is 0 Å². The Morgan fingerprint density at radius 3 is 1.78 bits per heavy atom. The highest BCUT2D eigenvalue weighted by Crippen LogP contribution is 2.61. The van der Waals surface area contributed by atoms with Crippen LogP contribution >= 0.6 is 45.8 Å². The molecule has 3 aliphatic rings. The summed E-state index contributed by atoms with van der Waals surface area (Å²) in [4.78, 5) is 6.36. The van der Waals surface area contributed by atoms with Gasteiger partial charge in [-0.1, -0.05) is 50.7 Å². The van der Waals surface area contributed by atoms with Crippen molar-refractivity contribution < 1.29 is 0 Å². The molecule has 168 valence electrons. The first-order chi connectivity index (χ1) is 15.9. The van der Waals surface area contributed by atoms with E-state index in [4.69, 9.17) is 0 Å². The molecule has 4 heteroatoms. The number of thioether (sulfide) groups is 1. The molecule has 3 aromatic heterocycles. The second-order valence-corrected chi connectivity index (χ2v) is 13.9. The summed E-state index contributed by atoms with van der Waals surface area (Å²) in [5, 5.41) is 7.03. The van der Waals surface area contributed by atoms with Gasteiger partial charge in [0.25, 0.3) is 0 Å². The first-order valence-electron chi connectivity index (χ1n) is 12.4. The third kappa shape index (κ3) is 3.89. The topological polar surface area (TPSA) is 0 Å². The Hall–Kier alpha value is -0.810. The number of hydrogen-bond acceptors (Lipinski definition) is 4. The maximum atomic E-state index is 2.56. The lowest BCUT2D eigenvalue weighted by atomic mass is 9.79. The molecular weight excluding hydrogens is 465 g/mol. The Morgan fingerprint density at radius 1 is 0.656 bits per heavy atom. The van der Waals surface area contributed by atoms with Gasteiger partial charge in [-0.25, -0.2) is 0 Å². The number of allylic oxidation sites excluding steroid dienone is 1. The average molecular weight is 497 g/mol. The summed E-state index contributed by atoms with van der Waals surface area (Å²) in [5.41, 5.74) is 3.30. The molecule has 2 saturated carbocycles. The molecule has 0 aromatic carbocycles. The first-order valence-corrected chi connectivity index (χ1v) is 15.9. The van der Waals surface area contributed by atoms with E-state index in [9.17, 15) is 0 Å².